The van der Waals surface area contributed by atoms with E-state index in [4.69, 9.17) is 15.3 Å². The van der Waals surface area contributed by atoms with Gasteiger partial charge in [-0.3, -0.25) is 9.59 Å². The van der Waals surface area contributed by atoms with E-state index in [0.717, 1.165) is 6.42 Å². The lowest BCUT2D eigenvalue weighted by molar-refractivity contribution is -0.138. The van der Waals surface area contributed by atoms with Crippen molar-refractivity contribution in [2.24, 2.45) is 15.9 Å². The van der Waals surface area contributed by atoms with Crippen LogP contribution in [0.1, 0.15) is 19.8 Å². The highest BCUT2D eigenvalue weighted by Gasteiger charge is 2.37. The summed E-state index contributed by atoms with van der Waals surface area (Å²) in [5.41, 5.74) is 5.30. The number of hydrogen-bond donors (Lipinski definition) is 1. The van der Waals surface area contributed by atoms with E-state index in [1.54, 1.807) is 6.92 Å². The van der Waals surface area contributed by atoms with Crippen LogP contribution in [-0.4, -0.2) is 60.7 Å². The van der Waals surface area contributed by atoms with Crippen molar-refractivity contribution in [2.75, 3.05) is 19.8 Å². The van der Waals surface area contributed by atoms with Gasteiger partial charge < -0.3 is 20.2 Å². The molecule has 0 aromatic heterocycles. The van der Waals surface area contributed by atoms with Gasteiger partial charge in [0.25, 0.3) is 5.91 Å². The summed E-state index contributed by atoms with van der Waals surface area (Å²) < 4.78 is 5.25. The van der Waals surface area contributed by atoms with E-state index in [1.165, 1.54) is 11.1 Å². The number of hydrogen-bond acceptors (Lipinski definition) is 6. The predicted octanol–water partition coefficient (Wildman–Crippen LogP) is -0.718. The maximum atomic E-state index is 12.3. The van der Waals surface area contributed by atoms with Gasteiger partial charge in [0.05, 0.1) is 0 Å². The third kappa shape index (κ3) is 3.06. The Labute approximate surface area is 116 Å². The number of nitrogens with two attached hydrogens (primary N) is 1. The standard InChI is InChI=1S/C12H18N4O4/c1-2-20-14-6-10-15-8(7-19-10)12(18)16-5-3-4-9(16)11(13)17/h6,8-9H,2-5,7H2,1H3,(H2,13,17). The first kappa shape index (κ1) is 14.3. The van der Waals surface area contributed by atoms with Gasteiger partial charge >= 0.3 is 0 Å². The van der Waals surface area contributed by atoms with Gasteiger partial charge in [-0.25, -0.2) is 4.99 Å². The molecule has 2 unspecified atom stereocenters. The molecule has 2 atom stereocenters. The SMILES string of the molecule is CCON=CC1=NC(C(=O)N2CCCC2C(N)=O)CO1. The Morgan fingerprint density at radius 3 is 3.15 bits per heavy atom. The largest absolute Gasteiger partial charge is 0.474 e. The van der Waals surface area contributed by atoms with Crippen LogP contribution in [-0.2, 0) is 19.2 Å². The normalized spacial score (nSPS) is 25.6. The number of likely N-dealkylation sites (tertiary alicyclic amines) is 1. The first-order valence-corrected chi connectivity index (χ1v) is 6.59. The Kier molecular flexibility index (Phi) is 4.54. The zero-order valence-corrected chi connectivity index (χ0v) is 11.3. The van der Waals surface area contributed by atoms with E-state index in [-0.39, 0.29) is 18.4 Å². The van der Waals surface area contributed by atoms with E-state index in [9.17, 15) is 9.59 Å². The quantitative estimate of drug-likeness (QED) is 0.530. The molecule has 8 heteroatoms. The van der Waals surface area contributed by atoms with Crippen molar-refractivity contribution in [1.29, 1.82) is 0 Å². The molecule has 2 aliphatic rings. The number of rotatable bonds is 5. The Hall–Kier alpha value is -2.12. The molecule has 110 valence electrons. The van der Waals surface area contributed by atoms with Crippen molar-refractivity contribution < 1.29 is 19.2 Å². The minimum atomic E-state index is -0.641. The summed E-state index contributed by atoms with van der Waals surface area (Å²) in [4.78, 5) is 34.0. The monoisotopic (exact) mass is 282 g/mol. The molecular weight excluding hydrogens is 264 g/mol. The molecule has 2 rings (SSSR count). The summed E-state index contributed by atoms with van der Waals surface area (Å²) in [5.74, 6) is -0.449. The van der Waals surface area contributed by atoms with Crippen molar-refractivity contribution in [1.82, 2.24) is 4.90 Å². The zero-order valence-electron chi connectivity index (χ0n) is 11.3. The van der Waals surface area contributed by atoms with Gasteiger partial charge in [-0.1, -0.05) is 5.16 Å². The molecule has 0 saturated carbocycles. The molecule has 0 aromatic carbocycles. The number of oxime groups is 1. The fraction of sp³-hybridized carbons (Fsp3) is 0.667. The lowest BCUT2D eigenvalue weighted by Crippen LogP contribution is -2.47. The average molecular weight is 282 g/mol. The maximum absolute atomic E-state index is 12.3. The molecule has 0 aromatic rings. The second-order valence-corrected chi connectivity index (χ2v) is 4.54. The molecule has 1 saturated heterocycles. The number of amides is 2. The van der Waals surface area contributed by atoms with Crippen molar-refractivity contribution in [3.8, 4) is 0 Å². The maximum Gasteiger partial charge on any atom is 0.251 e. The van der Waals surface area contributed by atoms with E-state index in [1.807, 2.05) is 0 Å². The van der Waals surface area contributed by atoms with E-state index in [2.05, 4.69) is 10.1 Å². The van der Waals surface area contributed by atoms with E-state index < -0.39 is 18.0 Å². The molecule has 0 aliphatic carbocycles. The number of aliphatic imine (C=N–C) groups is 1. The lowest BCUT2D eigenvalue weighted by Gasteiger charge is -2.23. The summed E-state index contributed by atoms with van der Waals surface area (Å²) in [5, 5.41) is 3.63. The summed E-state index contributed by atoms with van der Waals surface area (Å²) in [6, 6.07) is -1.17. The van der Waals surface area contributed by atoms with E-state index >= 15 is 0 Å². The van der Waals surface area contributed by atoms with Gasteiger partial charge in [0.15, 0.2) is 6.04 Å². The molecular formula is C12H18N4O4. The van der Waals surface area contributed by atoms with Crippen LogP contribution in [0.2, 0.25) is 0 Å². The summed E-state index contributed by atoms with van der Waals surface area (Å²) in [7, 11) is 0. The van der Waals surface area contributed by atoms with Crippen molar-refractivity contribution in [3.63, 3.8) is 0 Å². The van der Waals surface area contributed by atoms with Gasteiger partial charge in [-0.15, -0.1) is 0 Å². The van der Waals surface area contributed by atoms with Crippen LogP contribution in [0.5, 0.6) is 0 Å². The summed E-state index contributed by atoms with van der Waals surface area (Å²) in [6.45, 7) is 2.92. The van der Waals surface area contributed by atoms with Crippen LogP contribution < -0.4 is 5.73 Å². The smallest absolute Gasteiger partial charge is 0.251 e. The number of carbonyl (C=O) groups excluding carboxylic acids is 2. The van der Waals surface area contributed by atoms with Gasteiger partial charge in [0, 0.05) is 6.54 Å². The zero-order chi connectivity index (χ0) is 14.5. The number of ether oxygens (including phenoxy) is 1. The average Bonchev–Trinajstić information content (AvgIpc) is 3.07. The molecule has 2 aliphatic heterocycles. The van der Waals surface area contributed by atoms with Crippen molar-refractivity contribution in [2.45, 2.75) is 31.8 Å². The topological polar surface area (TPSA) is 107 Å². The predicted molar refractivity (Wildman–Crippen MR) is 71.2 cm³/mol. The molecule has 8 nitrogen and oxygen atoms in total. The number of carbonyl (C=O) groups is 2. The summed E-state index contributed by atoms with van der Waals surface area (Å²) >= 11 is 0. The Balaban J connectivity index is 1.98. The number of nitrogens with zero attached hydrogens (tertiary/aromatic N) is 3. The second kappa shape index (κ2) is 6.36. The van der Waals surface area contributed by atoms with Gasteiger partial charge in [-0.2, -0.15) is 0 Å². The fourth-order valence-corrected chi connectivity index (χ4v) is 2.26. The first-order chi connectivity index (χ1) is 9.63. The Morgan fingerprint density at radius 1 is 1.65 bits per heavy atom. The Morgan fingerprint density at radius 2 is 2.45 bits per heavy atom. The minimum Gasteiger partial charge on any atom is -0.474 e. The van der Waals surface area contributed by atoms with Crippen LogP contribution in [0, 0.1) is 0 Å². The first-order valence-electron chi connectivity index (χ1n) is 6.59. The molecule has 0 radical (unpaired) electrons. The summed E-state index contributed by atoms with van der Waals surface area (Å²) in [6.07, 6.45) is 2.71. The molecule has 2 N–H and O–H groups in total. The second-order valence-electron chi connectivity index (χ2n) is 4.54. The van der Waals surface area contributed by atoms with Crippen LogP contribution in [0.15, 0.2) is 10.1 Å². The highest BCUT2D eigenvalue weighted by Crippen LogP contribution is 2.20. The third-order valence-corrected chi connectivity index (χ3v) is 3.19. The van der Waals surface area contributed by atoms with E-state index in [0.29, 0.717) is 19.6 Å². The Bertz CT molecular complexity index is 449. The fourth-order valence-electron chi connectivity index (χ4n) is 2.26. The highest BCUT2D eigenvalue weighted by atomic mass is 16.6. The van der Waals surface area contributed by atoms with Gasteiger partial charge in [0.1, 0.15) is 25.5 Å². The minimum absolute atomic E-state index is 0.147. The van der Waals surface area contributed by atoms with Crippen molar-refractivity contribution in [3.05, 3.63) is 0 Å². The highest BCUT2D eigenvalue weighted by molar-refractivity contribution is 6.27. The van der Waals surface area contributed by atoms with Crippen LogP contribution in [0.3, 0.4) is 0 Å². The molecule has 2 amide bonds. The molecule has 0 spiro atoms. The number of primary amides is 1. The molecule has 0 bridgehead atoms. The lowest BCUT2D eigenvalue weighted by atomic mass is 10.2. The third-order valence-electron chi connectivity index (χ3n) is 3.19. The van der Waals surface area contributed by atoms with Gasteiger partial charge in [-0.05, 0) is 19.8 Å². The molecule has 2 heterocycles. The van der Waals surface area contributed by atoms with Crippen LogP contribution >= 0.6 is 0 Å². The van der Waals surface area contributed by atoms with Crippen LogP contribution in [0.4, 0.5) is 0 Å². The molecule has 1 fully saturated rings. The van der Waals surface area contributed by atoms with Crippen LogP contribution in [0.25, 0.3) is 0 Å². The van der Waals surface area contributed by atoms with Gasteiger partial charge in [0.2, 0.25) is 11.8 Å². The molecule has 20 heavy (non-hydrogen) atoms. The van der Waals surface area contributed by atoms with Crippen molar-refractivity contribution >= 4 is 23.9 Å².